The predicted molar refractivity (Wildman–Crippen MR) is 63.5 cm³/mol. The fraction of sp³-hybridized carbons (Fsp3) is 1.00. The summed E-state index contributed by atoms with van der Waals surface area (Å²) in [6.45, 7) is 13.6. The quantitative estimate of drug-likeness (QED) is 0.642. The average Bonchev–Trinajstić information content (AvgIpc) is 1.25. The van der Waals surface area contributed by atoms with Gasteiger partial charge in [0.1, 0.15) is 0 Å². The second-order valence-corrected chi connectivity index (χ2v) is 4.50. The van der Waals surface area contributed by atoms with Gasteiger partial charge in [0.25, 0.3) is 0 Å². The maximum Gasteiger partial charge on any atom is -0.0334 e. The second kappa shape index (κ2) is 8.11. The molecular weight excluding hydrogens is 195 g/mol. The van der Waals surface area contributed by atoms with E-state index in [1.165, 1.54) is 0 Å². The molecule has 12 heavy (non-hydrogen) atoms. The van der Waals surface area contributed by atoms with E-state index >= 15 is 0 Å². The van der Waals surface area contributed by atoms with Crippen molar-refractivity contribution in [1.82, 2.24) is 12.3 Å². The first kappa shape index (κ1) is 29.4. The van der Waals surface area contributed by atoms with Gasteiger partial charge in [0, 0.05) is 0 Å². The van der Waals surface area contributed by atoms with Crippen molar-refractivity contribution in [2.75, 3.05) is 0 Å². The fourth-order valence-corrected chi connectivity index (χ4v) is 0. The third-order valence-corrected chi connectivity index (χ3v) is 2.25. The lowest BCUT2D eigenvalue weighted by Gasteiger charge is -2.34. The number of rotatable bonds is 0. The van der Waals surface area contributed by atoms with Crippen LogP contribution in [-0.2, 0) is 0 Å². The molecule has 0 aliphatic carbocycles. The minimum Gasteiger partial charge on any atom is -0.344 e. The summed E-state index contributed by atoms with van der Waals surface area (Å²) in [6, 6.07) is 0. The van der Waals surface area contributed by atoms with Crippen LogP contribution in [0.2, 0.25) is 0 Å². The zero-order valence-electron chi connectivity index (χ0n) is 9.23. The summed E-state index contributed by atoms with van der Waals surface area (Å²) in [7, 11) is 0. The van der Waals surface area contributed by atoms with E-state index in [2.05, 4.69) is 41.5 Å². The summed E-state index contributed by atoms with van der Waals surface area (Å²) in [5.74, 6) is 0. The van der Waals surface area contributed by atoms with Crippen LogP contribution in [-0.4, -0.2) is 0 Å². The summed E-state index contributed by atoms with van der Waals surface area (Å²) in [5, 5.41) is 0. The molecule has 82 valence electrons. The Balaban J connectivity index is -0.0000000408. The molecule has 0 saturated heterocycles. The molecule has 0 aromatic carbocycles. The van der Waals surface area contributed by atoms with Crippen molar-refractivity contribution in [3.63, 3.8) is 0 Å². The SMILES string of the molecule is CC(C)(C)C(C)(C)C.Cl.Cl.N.N. The highest BCUT2D eigenvalue weighted by Gasteiger charge is 2.26. The van der Waals surface area contributed by atoms with Crippen molar-refractivity contribution >= 4 is 24.8 Å². The normalized spacial score (nSPS) is 9.50. The molecule has 0 fully saturated rings. The summed E-state index contributed by atoms with van der Waals surface area (Å²) in [6.07, 6.45) is 0. The lowest BCUT2D eigenvalue weighted by molar-refractivity contribution is 0.157. The highest BCUT2D eigenvalue weighted by Crippen LogP contribution is 2.36. The Morgan fingerprint density at radius 1 is 0.500 bits per heavy atom. The van der Waals surface area contributed by atoms with E-state index in [1.807, 2.05) is 0 Å². The molecule has 0 atom stereocenters. The molecule has 0 heterocycles. The van der Waals surface area contributed by atoms with Crippen LogP contribution in [0.4, 0.5) is 0 Å². The summed E-state index contributed by atoms with van der Waals surface area (Å²) >= 11 is 0. The Bertz CT molecular complexity index is 70.0. The van der Waals surface area contributed by atoms with E-state index in [0.29, 0.717) is 10.8 Å². The van der Waals surface area contributed by atoms with Gasteiger partial charge in [0.2, 0.25) is 0 Å². The molecule has 0 unspecified atom stereocenters. The predicted octanol–water partition coefficient (Wildman–Crippen LogP) is 4.25. The van der Waals surface area contributed by atoms with Gasteiger partial charge in [-0.05, 0) is 10.8 Å². The fourth-order valence-electron chi connectivity index (χ4n) is 0. The zero-order chi connectivity index (χ0) is 7.00. The van der Waals surface area contributed by atoms with Gasteiger partial charge in [0.05, 0.1) is 0 Å². The molecule has 0 spiro atoms. The highest BCUT2D eigenvalue weighted by molar-refractivity contribution is 5.85. The van der Waals surface area contributed by atoms with Crippen LogP contribution in [0.3, 0.4) is 0 Å². The standard InChI is InChI=1S/C8H18.2ClH.2H3N/c1-7(2,3)8(4,5)6;;;;/h1-6H3;2*1H;2*1H3. The van der Waals surface area contributed by atoms with Gasteiger partial charge in [-0.3, -0.25) is 0 Å². The van der Waals surface area contributed by atoms with Gasteiger partial charge < -0.3 is 12.3 Å². The first-order chi connectivity index (χ1) is 3.25. The van der Waals surface area contributed by atoms with Gasteiger partial charge in [-0.25, -0.2) is 0 Å². The highest BCUT2D eigenvalue weighted by atomic mass is 35.5. The van der Waals surface area contributed by atoms with E-state index in [0.717, 1.165) is 0 Å². The molecule has 0 bridgehead atoms. The van der Waals surface area contributed by atoms with Crippen LogP contribution < -0.4 is 12.3 Å². The van der Waals surface area contributed by atoms with Crippen molar-refractivity contribution in [2.45, 2.75) is 41.5 Å². The molecular formula is C8H26Cl2N2. The average molecular weight is 221 g/mol. The molecule has 2 nitrogen and oxygen atoms in total. The molecule has 0 radical (unpaired) electrons. The summed E-state index contributed by atoms with van der Waals surface area (Å²) in [5.41, 5.74) is 0.875. The molecule has 0 amide bonds. The Morgan fingerprint density at radius 2 is 0.583 bits per heavy atom. The molecule has 0 aromatic rings. The third-order valence-electron chi connectivity index (χ3n) is 2.25. The Morgan fingerprint density at radius 3 is 0.583 bits per heavy atom. The van der Waals surface area contributed by atoms with E-state index in [1.54, 1.807) is 0 Å². The van der Waals surface area contributed by atoms with Crippen LogP contribution in [0.25, 0.3) is 0 Å². The van der Waals surface area contributed by atoms with Gasteiger partial charge in [0.15, 0.2) is 0 Å². The van der Waals surface area contributed by atoms with Gasteiger partial charge in [-0.1, -0.05) is 41.5 Å². The van der Waals surface area contributed by atoms with Crippen LogP contribution in [0, 0.1) is 10.8 Å². The molecule has 0 aromatic heterocycles. The van der Waals surface area contributed by atoms with E-state index in [-0.39, 0.29) is 37.1 Å². The van der Waals surface area contributed by atoms with Crippen LogP contribution >= 0.6 is 24.8 Å². The summed E-state index contributed by atoms with van der Waals surface area (Å²) in [4.78, 5) is 0. The van der Waals surface area contributed by atoms with Crippen molar-refractivity contribution in [3.05, 3.63) is 0 Å². The maximum absolute atomic E-state index is 2.27. The van der Waals surface area contributed by atoms with Crippen molar-refractivity contribution in [1.29, 1.82) is 0 Å². The van der Waals surface area contributed by atoms with Crippen LogP contribution in [0.15, 0.2) is 0 Å². The first-order valence-corrected chi connectivity index (χ1v) is 3.25. The van der Waals surface area contributed by atoms with Gasteiger partial charge in [-0.2, -0.15) is 0 Å². The topological polar surface area (TPSA) is 70.0 Å². The smallest absolute Gasteiger partial charge is 0.0334 e. The van der Waals surface area contributed by atoms with E-state index < -0.39 is 0 Å². The van der Waals surface area contributed by atoms with Crippen molar-refractivity contribution in [2.24, 2.45) is 10.8 Å². The van der Waals surface area contributed by atoms with Crippen molar-refractivity contribution in [3.8, 4) is 0 Å². The van der Waals surface area contributed by atoms with Gasteiger partial charge in [-0.15, -0.1) is 24.8 Å². The summed E-state index contributed by atoms with van der Waals surface area (Å²) < 4.78 is 0. The first-order valence-electron chi connectivity index (χ1n) is 3.25. The number of hydrogen-bond acceptors (Lipinski definition) is 2. The van der Waals surface area contributed by atoms with Crippen LogP contribution in [0.5, 0.6) is 0 Å². The maximum atomic E-state index is 2.27. The molecule has 0 rings (SSSR count). The molecule has 0 aliphatic rings. The Hall–Kier alpha value is 0.500. The number of hydrogen-bond donors (Lipinski definition) is 2. The Kier molecular flexibility index (Phi) is 19.9. The monoisotopic (exact) mass is 220 g/mol. The molecule has 4 heteroatoms. The number of halogens is 2. The minimum absolute atomic E-state index is 0. The lowest BCUT2D eigenvalue weighted by atomic mass is 9.71. The van der Waals surface area contributed by atoms with E-state index in [9.17, 15) is 0 Å². The minimum atomic E-state index is 0. The molecule has 0 aliphatic heterocycles. The van der Waals surface area contributed by atoms with Crippen LogP contribution in [0.1, 0.15) is 41.5 Å². The third kappa shape index (κ3) is 10.5. The van der Waals surface area contributed by atoms with Crippen molar-refractivity contribution < 1.29 is 0 Å². The lowest BCUT2D eigenvalue weighted by Crippen LogP contribution is -2.25. The Labute approximate surface area is 89.9 Å². The van der Waals surface area contributed by atoms with E-state index in [4.69, 9.17) is 0 Å². The zero-order valence-corrected chi connectivity index (χ0v) is 10.9. The molecule has 0 saturated carbocycles. The molecule has 6 N–H and O–H groups in total. The largest absolute Gasteiger partial charge is 0.344 e. The second-order valence-electron chi connectivity index (χ2n) is 4.50. The van der Waals surface area contributed by atoms with Gasteiger partial charge >= 0.3 is 0 Å².